The molecule has 0 heterocycles. The summed E-state index contributed by atoms with van der Waals surface area (Å²) in [4.78, 5) is 21.5. The van der Waals surface area contributed by atoms with Crippen LogP contribution >= 0.6 is 0 Å². The van der Waals surface area contributed by atoms with Gasteiger partial charge < -0.3 is 31.4 Å². The van der Waals surface area contributed by atoms with Crippen molar-refractivity contribution < 1.29 is 24.2 Å². The second kappa shape index (κ2) is 9.97. The number of rotatable bonds is 10. The van der Waals surface area contributed by atoms with Crippen molar-refractivity contribution in [1.29, 1.82) is 0 Å². The highest BCUT2D eigenvalue weighted by molar-refractivity contribution is 5.79. The van der Waals surface area contributed by atoms with Gasteiger partial charge in [-0.2, -0.15) is 0 Å². The quantitative estimate of drug-likeness (QED) is 0.314. The number of aliphatic carboxylic acids is 1. The molecule has 100 valence electrons. The minimum absolute atomic E-state index is 0.124. The van der Waals surface area contributed by atoms with Crippen LogP contribution in [0.3, 0.4) is 0 Å². The van der Waals surface area contributed by atoms with Crippen LogP contribution < -0.4 is 16.8 Å². The Morgan fingerprint density at radius 3 is 2.47 bits per heavy atom. The Hall–Kier alpha value is -1.22. The summed E-state index contributed by atoms with van der Waals surface area (Å²) in [7, 11) is 0. The van der Waals surface area contributed by atoms with Crippen LogP contribution in [0.5, 0.6) is 0 Å². The molecule has 17 heavy (non-hydrogen) atoms. The maximum atomic E-state index is 11.1. The highest BCUT2D eigenvalue weighted by Crippen LogP contribution is 1.80. The molecule has 0 aliphatic carbocycles. The zero-order chi connectivity index (χ0) is 13.1. The Morgan fingerprint density at radius 1 is 1.24 bits per heavy atom. The van der Waals surface area contributed by atoms with Gasteiger partial charge >= 0.3 is 5.97 Å². The second-order valence-corrected chi connectivity index (χ2v) is 3.20. The van der Waals surface area contributed by atoms with Crippen LogP contribution in [0.15, 0.2) is 0 Å². The van der Waals surface area contributed by atoms with Crippen molar-refractivity contribution >= 4 is 11.9 Å². The molecule has 8 heteroatoms. The molecule has 0 spiro atoms. The first kappa shape index (κ1) is 15.8. The third-order valence-corrected chi connectivity index (χ3v) is 1.70. The van der Waals surface area contributed by atoms with Crippen molar-refractivity contribution in [3.63, 3.8) is 0 Å². The van der Waals surface area contributed by atoms with Crippen LogP contribution in [0, 0.1) is 0 Å². The summed E-state index contributed by atoms with van der Waals surface area (Å²) in [6.45, 7) is 1.24. The number of nitrogens with two attached hydrogens (primary N) is 2. The van der Waals surface area contributed by atoms with E-state index >= 15 is 0 Å². The summed E-state index contributed by atoms with van der Waals surface area (Å²) in [5.74, 6) is -1.58. The molecule has 0 bridgehead atoms. The van der Waals surface area contributed by atoms with Crippen molar-refractivity contribution in [3.05, 3.63) is 0 Å². The molecule has 0 aromatic carbocycles. The van der Waals surface area contributed by atoms with Crippen LogP contribution in [-0.4, -0.2) is 62.5 Å². The number of carbonyl (C=O) groups is 2. The SMILES string of the molecule is NCCOCCOCC(=O)NC[C@H](N)C(=O)O. The molecule has 0 unspecified atom stereocenters. The summed E-state index contributed by atoms with van der Waals surface area (Å²) in [6.07, 6.45) is 0. The minimum Gasteiger partial charge on any atom is -0.480 e. The van der Waals surface area contributed by atoms with Crippen molar-refractivity contribution in [3.8, 4) is 0 Å². The summed E-state index contributed by atoms with van der Waals surface area (Å²) in [5, 5.41) is 10.8. The maximum absolute atomic E-state index is 11.1. The number of hydrogen-bond acceptors (Lipinski definition) is 6. The molecule has 0 saturated heterocycles. The summed E-state index contributed by atoms with van der Waals surface area (Å²) < 4.78 is 9.98. The van der Waals surface area contributed by atoms with Gasteiger partial charge in [0.25, 0.3) is 0 Å². The molecule has 0 rings (SSSR count). The van der Waals surface area contributed by atoms with Crippen molar-refractivity contribution in [2.24, 2.45) is 11.5 Å². The number of amides is 1. The predicted molar refractivity (Wildman–Crippen MR) is 59.3 cm³/mol. The Labute approximate surface area is 99.2 Å². The number of nitrogens with one attached hydrogen (secondary N) is 1. The molecule has 0 fully saturated rings. The summed E-state index contributed by atoms with van der Waals surface area (Å²) in [5.41, 5.74) is 10.4. The molecule has 0 aromatic heterocycles. The van der Waals surface area contributed by atoms with E-state index < -0.39 is 17.9 Å². The number of carboxylic acid groups (broad SMARTS) is 1. The molecule has 1 amide bonds. The number of carbonyl (C=O) groups excluding carboxylic acids is 1. The van der Waals surface area contributed by atoms with Crippen LogP contribution in [-0.2, 0) is 19.1 Å². The third-order valence-electron chi connectivity index (χ3n) is 1.70. The van der Waals surface area contributed by atoms with Gasteiger partial charge in [0, 0.05) is 13.1 Å². The highest BCUT2D eigenvalue weighted by atomic mass is 16.5. The molecule has 0 saturated carbocycles. The van der Waals surface area contributed by atoms with E-state index in [9.17, 15) is 9.59 Å². The fraction of sp³-hybridized carbons (Fsp3) is 0.778. The van der Waals surface area contributed by atoms with E-state index in [4.69, 9.17) is 26.0 Å². The Morgan fingerprint density at radius 2 is 1.88 bits per heavy atom. The molecule has 6 N–H and O–H groups in total. The van der Waals surface area contributed by atoms with Gasteiger partial charge in [0.2, 0.25) is 5.91 Å². The number of carboxylic acids is 1. The van der Waals surface area contributed by atoms with Gasteiger partial charge in [0.15, 0.2) is 0 Å². The zero-order valence-electron chi connectivity index (χ0n) is 9.55. The van der Waals surface area contributed by atoms with Crippen molar-refractivity contribution in [2.75, 3.05) is 39.5 Å². The monoisotopic (exact) mass is 249 g/mol. The maximum Gasteiger partial charge on any atom is 0.322 e. The van der Waals surface area contributed by atoms with Gasteiger partial charge in [-0.15, -0.1) is 0 Å². The third kappa shape index (κ3) is 9.69. The molecule has 0 radical (unpaired) electrons. The van der Waals surface area contributed by atoms with Crippen LogP contribution in [0.25, 0.3) is 0 Å². The molecule has 0 aliphatic heterocycles. The lowest BCUT2D eigenvalue weighted by Crippen LogP contribution is -2.43. The van der Waals surface area contributed by atoms with Gasteiger partial charge in [0.1, 0.15) is 12.6 Å². The van der Waals surface area contributed by atoms with Crippen molar-refractivity contribution in [1.82, 2.24) is 5.32 Å². The van der Waals surface area contributed by atoms with Gasteiger partial charge in [-0.05, 0) is 0 Å². The van der Waals surface area contributed by atoms with Gasteiger partial charge in [0.05, 0.1) is 19.8 Å². The summed E-state index contributed by atoms with van der Waals surface area (Å²) in [6, 6.07) is -1.10. The Balaban J connectivity index is 3.38. The van der Waals surface area contributed by atoms with E-state index in [0.717, 1.165) is 0 Å². The molecule has 8 nitrogen and oxygen atoms in total. The fourth-order valence-corrected chi connectivity index (χ4v) is 0.830. The van der Waals surface area contributed by atoms with E-state index in [0.29, 0.717) is 19.8 Å². The first-order chi connectivity index (χ1) is 8.07. The van der Waals surface area contributed by atoms with Gasteiger partial charge in [-0.3, -0.25) is 9.59 Å². The summed E-state index contributed by atoms with van der Waals surface area (Å²) >= 11 is 0. The van der Waals surface area contributed by atoms with E-state index in [2.05, 4.69) is 5.32 Å². The predicted octanol–water partition coefficient (Wildman–Crippen LogP) is -2.49. The van der Waals surface area contributed by atoms with Crippen LogP contribution in [0.2, 0.25) is 0 Å². The second-order valence-electron chi connectivity index (χ2n) is 3.20. The van der Waals surface area contributed by atoms with Gasteiger partial charge in [-0.1, -0.05) is 0 Å². The van der Waals surface area contributed by atoms with E-state index in [1.54, 1.807) is 0 Å². The fourth-order valence-electron chi connectivity index (χ4n) is 0.830. The molecule has 1 atom stereocenters. The van der Waals surface area contributed by atoms with Crippen LogP contribution in [0.4, 0.5) is 0 Å². The standard InChI is InChI=1S/C9H19N3O5/c10-1-2-16-3-4-17-6-8(13)12-5-7(11)9(14)15/h7H,1-6,10-11H2,(H,12,13)(H,14,15)/t7-/m0/s1. The smallest absolute Gasteiger partial charge is 0.322 e. The minimum atomic E-state index is -1.17. The molecule has 0 aliphatic rings. The zero-order valence-corrected chi connectivity index (χ0v) is 9.55. The van der Waals surface area contributed by atoms with E-state index in [1.807, 2.05) is 0 Å². The molecular weight excluding hydrogens is 230 g/mol. The average Bonchev–Trinajstić information content (AvgIpc) is 2.30. The van der Waals surface area contributed by atoms with Gasteiger partial charge in [-0.25, -0.2) is 0 Å². The Kier molecular flexibility index (Phi) is 9.25. The first-order valence-corrected chi connectivity index (χ1v) is 5.18. The lowest BCUT2D eigenvalue weighted by molar-refractivity contribution is -0.138. The molecular formula is C9H19N3O5. The lowest BCUT2D eigenvalue weighted by Gasteiger charge is -2.09. The number of ether oxygens (including phenoxy) is 2. The average molecular weight is 249 g/mol. The van der Waals surface area contributed by atoms with E-state index in [1.165, 1.54) is 0 Å². The molecule has 0 aromatic rings. The lowest BCUT2D eigenvalue weighted by atomic mass is 10.3. The highest BCUT2D eigenvalue weighted by Gasteiger charge is 2.12. The van der Waals surface area contributed by atoms with Crippen molar-refractivity contribution in [2.45, 2.75) is 6.04 Å². The van der Waals surface area contributed by atoms with E-state index in [-0.39, 0.29) is 19.8 Å². The van der Waals surface area contributed by atoms with Crippen LogP contribution in [0.1, 0.15) is 0 Å². The normalized spacial score (nSPS) is 12.1. The topological polar surface area (TPSA) is 137 Å². The Bertz CT molecular complexity index is 237. The largest absolute Gasteiger partial charge is 0.480 e. The number of hydrogen-bond donors (Lipinski definition) is 4. The first-order valence-electron chi connectivity index (χ1n) is 5.18.